The Hall–Kier alpha value is -1.69. The highest BCUT2D eigenvalue weighted by Crippen LogP contribution is 2.41. The number of amides is 1. The summed E-state index contributed by atoms with van der Waals surface area (Å²) in [4.78, 5) is 30.2. The van der Waals surface area contributed by atoms with Gasteiger partial charge in [-0.2, -0.15) is 0 Å². The summed E-state index contributed by atoms with van der Waals surface area (Å²) >= 11 is 1.89. The minimum Gasteiger partial charge on any atom is -0.352 e. The van der Waals surface area contributed by atoms with Crippen LogP contribution < -0.4 is 4.90 Å². The number of carbonyl (C=O) groups excluding carboxylic acids is 1. The highest BCUT2D eigenvalue weighted by Gasteiger charge is 2.32. The predicted octanol–water partition coefficient (Wildman–Crippen LogP) is 4.78. The van der Waals surface area contributed by atoms with E-state index in [1.165, 1.54) is 46.3 Å². The van der Waals surface area contributed by atoms with Gasteiger partial charge >= 0.3 is 0 Å². The molecule has 5 rings (SSSR count). The van der Waals surface area contributed by atoms with Crippen molar-refractivity contribution in [2.24, 2.45) is 11.8 Å². The van der Waals surface area contributed by atoms with E-state index >= 15 is 0 Å². The van der Waals surface area contributed by atoms with E-state index in [1.807, 2.05) is 11.3 Å². The molecule has 1 saturated heterocycles. The Morgan fingerprint density at radius 3 is 2.50 bits per heavy atom. The molecule has 1 saturated carbocycles. The van der Waals surface area contributed by atoms with Crippen LogP contribution in [-0.2, 0) is 17.6 Å². The van der Waals surface area contributed by atoms with Crippen LogP contribution in [0.25, 0.3) is 10.2 Å². The molecule has 0 aromatic carbocycles. The van der Waals surface area contributed by atoms with Gasteiger partial charge in [0.2, 0.25) is 5.91 Å². The third-order valence-electron chi connectivity index (χ3n) is 7.26. The summed E-state index contributed by atoms with van der Waals surface area (Å²) in [5, 5.41) is 1.31. The average molecular weight is 427 g/mol. The van der Waals surface area contributed by atoms with Crippen LogP contribution in [0.1, 0.15) is 75.1 Å². The lowest BCUT2D eigenvalue weighted by Gasteiger charge is -2.37. The second kappa shape index (κ2) is 8.10. The van der Waals surface area contributed by atoms with E-state index in [0.717, 1.165) is 63.0 Å². The SMILES string of the molecule is CC(C)c1nc(N2CCN(C(=O)C3CCCC3)CC2)c2c3c(sc2n1)C[C@@H](C)CC3. The Morgan fingerprint density at radius 1 is 1.07 bits per heavy atom. The van der Waals surface area contributed by atoms with Gasteiger partial charge in [-0.1, -0.05) is 33.6 Å². The smallest absolute Gasteiger partial charge is 0.225 e. The molecule has 0 bridgehead atoms. The third kappa shape index (κ3) is 3.61. The molecule has 3 heterocycles. The van der Waals surface area contributed by atoms with Crippen LogP contribution in [0.3, 0.4) is 0 Å². The monoisotopic (exact) mass is 426 g/mol. The summed E-state index contributed by atoms with van der Waals surface area (Å²) in [6.07, 6.45) is 8.19. The Labute approximate surface area is 183 Å². The quantitative estimate of drug-likeness (QED) is 0.709. The van der Waals surface area contributed by atoms with Crippen LogP contribution in [0, 0.1) is 11.8 Å². The molecule has 1 atom stereocenters. The van der Waals surface area contributed by atoms with Gasteiger partial charge < -0.3 is 9.80 Å². The predicted molar refractivity (Wildman–Crippen MR) is 123 cm³/mol. The van der Waals surface area contributed by atoms with E-state index in [9.17, 15) is 4.79 Å². The fourth-order valence-electron chi connectivity index (χ4n) is 5.40. The normalized spacial score (nSPS) is 22.9. The molecule has 30 heavy (non-hydrogen) atoms. The molecule has 2 aliphatic carbocycles. The van der Waals surface area contributed by atoms with Gasteiger partial charge in [0, 0.05) is 42.9 Å². The number of aromatic nitrogens is 2. The van der Waals surface area contributed by atoms with Crippen molar-refractivity contribution in [1.29, 1.82) is 0 Å². The van der Waals surface area contributed by atoms with E-state index < -0.39 is 0 Å². The van der Waals surface area contributed by atoms with Crippen molar-refractivity contribution in [3.05, 3.63) is 16.3 Å². The number of thiophene rings is 1. The minimum absolute atomic E-state index is 0.278. The number of carbonyl (C=O) groups is 1. The number of rotatable bonds is 3. The number of anilines is 1. The van der Waals surface area contributed by atoms with E-state index in [4.69, 9.17) is 9.97 Å². The molecule has 0 spiro atoms. The van der Waals surface area contributed by atoms with Crippen LogP contribution >= 0.6 is 11.3 Å². The molecule has 1 amide bonds. The first-order valence-electron chi connectivity index (χ1n) is 11.9. The maximum atomic E-state index is 12.9. The van der Waals surface area contributed by atoms with Gasteiger partial charge in [-0.05, 0) is 43.6 Å². The standard InChI is InChI=1S/C24H34N4OS/c1-15(2)21-25-22(20-18-9-8-16(3)14-19(18)30-23(20)26-21)27-10-12-28(13-11-27)24(29)17-6-4-5-7-17/h15-17H,4-14H2,1-3H3/t16-/m0/s1. The number of hydrogen-bond acceptors (Lipinski definition) is 5. The van der Waals surface area contributed by atoms with Gasteiger partial charge in [-0.25, -0.2) is 9.97 Å². The molecule has 0 N–H and O–H groups in total. The van der Waals surface area contributed by atoms with Crippen molar-refractivity contribution in [3.8, 4) is 0 Å². The Kier molecular flexibility index (Phi) is 5.46. The first-order valence-corrected chi connectivity index (χ1v) is 12.7. The molecular weight excluding hydrogens is 392 g/mol. The lowest BCUT2D eigenvalue weighted by molar-refractivity contribution is -0.135. The summed E-state index contributed by atoms with van der Waals surface area (Å²) in [5.41, 5.74) is 1.50. The van der Waals surface area contributed by atoms with Gasteiger partial charge in [-0.15, -0.1) is 11.3 Å². The summed E-state index contributed by atoms with van der Waals surface area (Å²) in [7, 11) is 0. The van der Waals surface area contributed by atoms with Crippen molar-refractivity contribution < 1.29 is 4.79 Å². The first-order chi connectivity index (χ1) is 14.5. The lowest BCUT2D eigenvalue weighted by Crippen LogP contribution is -2.50. The molecule has 0 radical (unpaired) electrons. The largest absolute Gasteiger partial charge is 0.352 e. The number of aryl methyl sites for hydroxylation is 1. The van der Waals surface area contributed by atoms with Crippen molar-refractivity contribution in [2.45, 2.75) is 71.6 Å². The number of nitrogens with zero attached hydrogens (tertiary/aromatic N) is 4. The van der Waals surface area contributed by atoms with Gasteiger partial charge in [-0.3, -0.25) is 4.79 Å². The number of hydrogen-bond donors (Lipinski definition) is 0. The van der Waals surface area contributed by atoms with Gasteiger partial charge in [0.05, 0.1) is 5.39 Å². The minimum atomic E-state index is 0.278. The van der Waals surface area contributed by atoms with Crippen molar-refractivity contribution in [1.82, 2.24) is 14.9 Å². The van der Waals surface area contributed by atoms with Crippen molar-refractivity contribution in [2.75, 3.05) is 31.1 Å². The van der Waals surface area contributed by atoms with Gasteiger partial charge in [0.15, 0.2) is 0 Å². The van der Waals surface area contributed by atoms with Crippen molar-refractivity contribution >= 4 is 33.3 Å². The fraction of sp³-hybridized carbons (Fsp3) is 0.708. The van der Waals surface area contributed by atoms with E-state index in [2.05, 4.69) is 30.6 Å². The molecule has 162 valence electrons. The summed E-state index contributed by atoms with van der Waals surface area (Å²) in [6.45, 7) is 10.1. The zero-order chi connectivity index (χ0) is 20.8. The summed E-state index contributed by atoms with van der Waals surface area (Å²) in [6, 6.07) is 0. The highest BCUT2D eigenvalue weighted by atomic mass is 32.1. The summed E-state index contributed by atoms with van der Waals surface area (Å²) < 4.78 is 0. The first kappa shape index (κ1) is 20.2. The van der Waals surface area contributed by atoms with E-state index in [0.29, 0.717) is 11.8 Å². The number of fused-ring (bicyclic) bond motifs is 3. The van der Waals surface area contributed by atoms with Crippen molar-refractivity contribution in [3.63, 3.8) is 0 Å². The zero-order valence-electron chi connectivity index (χ0n) is 18.6. The molecule has 2 aromatic heterocycles. The molecule has 6 heteroatoms. The van der Waals surface area contributed by atoms with Gasteiger partial charge in [0.25, 0.3) is 0 Å². The zero-order valence-corrected chi connectivity index (χ0v) is 19.4. The van der Waals surface area contributed by atoms with Crippen LogP contribution in [-0.4, -0.2) is 47.0 Å². The van der Waals surface area contributed by atoms with Crippen LogP contribution in [0.4, 0.5) is 5.82 Å². The third-order valence-corrected chi connectivity index (χ3v) is 8.41. The lowest BCUT2D eigenvalue weighted by atomic mass is 9.89. The molecular formula is C24H34N4OS. The molecule has 1 aliphatic heterocycles. The highest BCUT2D eigenvalue weighted by molar-refractivity contribution is 7.19. The van der Waals surface area contributed by atoms with Gasteiger partial charge in [0.1, 0.15) is 16.5 Å². The maximum absolute atomic E-state index is 12.9. The van der Waals surface area contributed by atoms with Crippen LogP contribution in [0.15, 0.2) is 0 Å². The van der Waals surface area contributed by atoms with Crippen LogP contribution in [0.2, 0.25) is 0 Å². The second-order valence-electron chi connectivity index (χ2n) is 9.89. The van der Waals surface area contributed by atoms with E-state index in [1.54, 1.807) is 0 Å². The molecule has 2 aromatic rings. The molecule has 0 unspecified atom stereocenters. The number of piperazine rings is 1. The Balaban J connectivity index is 1.44. The molecule has 3 aliphatic rings. The fourth-order valence-corrected chi connectivity index (χ4v) is 6.78. The maximum Gasteiger partial charge on any atom is 0.225 e. The second-order valence-corrected chi connectivity index (χ2v) is 11.0. The molecule has 5 nitrogen and oxygen atoms in total. The van der Waals surface area contributed by atoms with Crippen LogP contribution in [0.5, 0.6) is 0 Å². The average Bonchev–Trinajstić information content (AvgIpc) is 3.40. The molecule has 2 fully saturated rings. The van der Waals surface area contributed by atoms with E-state index in [-0.39, 0.29) is 5.92 Å². The Morgan fingerprint density at radius 2 is 1.80 bits per heavy atom. The summed E-state index contributed by atoms with van der Waals surface area (Å²) in [5.74, 6) is 3.83. The Bertz CT molecular complexity index is 938. The topological polar surface area (TPSA) is 49.3 Å².